The molecule has 1 aliphatic heterocycles. The number of nitrogens with zero attached hydrogens (tertiary/aromatic N) is 1. The highest BCUT2D eigenvalue weighted by molar-refractivity contribution is 7.12. The molecule has 1 fully saturated rings. The van der Waals surface area contributed by atoms with E-state index >= 15 is 0 Å². The van der Waals surface area contributed by atoms with E-state index in [1.54, 1.807) is 4.90 Å². The molecule has 1 aliphatic carbocycles. The predicted molar refractivity (Wildman–Crippen MR) is 108 cm³/mol. The number of hydrogen-bond donors (Lipinski definition) is 1. The molecule has 2 aromatic rings. The van der Waals surface area contributed by atoms with Crippen LogP contribution in [-0.4, -0.2) is 29.3 Å². The summed E-state index contributed by atoms with van der Waals surface area (Å²) in [7, 11) is 0. The molecule has 2 atom stereocenters. The first-order valence-electron chi connectivity index (χ1n) is 9.90. The topological polar surface area (TPSA) is 49.4 Å². The Morgan fingerprint density at radius 3 is 2.74 bits per heavy atom. The molecule has 4 rings (SSSR count). The van der Waals surface area contributed by atoms with Gasteiger partial charge in [0.15, 0.2) is 0 Å². The van der Waals surface area contributed by atoms with Crippen molar-refractivity contribution < 1.29 is 9.59 Å². The van der Waals surface area contributed by atoms with Gasteiger partial charge in [-0.25, -0.2) is 0 Å². The molecule has 1 aromatic carbocycles. The minimum Gasteiger partial charge on any atom is -0.348 e. The molecule has 27 heavy (non-hydrogen) atoms. The van der Waals surface area contributed by atoms with Gasteiger partial charge in [-0.15, -0.1) is 11.3 Å². The third-order valence-electron chi connectivity index (χ3n) is 5.78. The third kappa shape index (κ3) is 3.79. The third-order valence-corrected chi connectivity index (χ3v) is 6.64. The number of aryl methyl sites for hydroxylation is 2. The second kappa shape index (κ2) is 7.85. The highest BCUT2D eigenvalue weighted by Gasteiger charge is 2.35. The molecule has 142 valence electrons. The first-order chi connectivity index (χ1) is 13.1. The standard InChI is InChI=1S/C22H26N2O2S/c1-15(17-11-10-16-6-2-3-7-18(16)14-17)23-21(25)19-8-4-12-24(19)22(26)20-9-5-13-27-20/h5,9-11,13-15,19H,2-4,6-8,12H2,1H3,(H,23,25)/t15?,19-/m0/s1. The zero-order valence-corrected chi connectivity index (χ0v) is 16.6. The molecule has 2 heterocycles. The van der Waals surface area contributed by atoms with Gasteiger partial charge in [0.2, 0.25) is 5.91 Å². The fourth-order valence-corrected chi connectivity index (χ4v) is 4.92. The molecule has 2 aliphatic rings. The van der Waals surface area contributed by atoms with E-state index in [9.17, 15) is 9.59 Å². The SMILES string of the molecule is CC(NC(=O)[C@@H]1CCCN1C(=O)c1cccs1)c1ccc2c(c1)CCCC2. The van der Waals surface area contributed by atoms with E-state index in [1.165, 1.54) is 35.3 Å². The summed E-state index contributed by atoms with van der Waals surface area (Å²) in [4.78, 5) is 28.0. The van der Waals surface area contributed by atoms with Gasteiger partial charge in [-0.3, -0.25) is 9.59 Å². The largest absolute Gasteiger partial charge is 0.348 e. The van der Waals surface area contributed by atoms with Gasteiger partial charge in [-0.05, 0) is 73.6 Å². The number of fused-ring (bicyclic) bond motifs is 1. The lowest BCUT2D eigenvalue weighted by Gasteiger charge is -2.26. The van der Waals surface area contributed by atoms with Crippen LogP contribution in [0.4, 0.5) is 0 Å². The molecule has 4 nitrogen and oxygen atoms in total. The Morgan fingerprint density at radius 2 is 1.96 bits per heavy atom. The molecule has 0 spiro atoms. The fraction of sp³-hybridized carbons (Fsp3) is 0.455. The van der Waals surface area contributed by atoms with E-state index in [-0.39, 0.29) is 23.9 Å². The highest BCUT2D eigenvalue weighted by atomic mass is 32.1. The maximum absolute atomic E-state index is 12.9. The van der Waals surface area contributed by atoms with E-state index in [4.69, 9.17) is 0 Å². The van der Waals surface area contributed by atoms with Crippen molar-refractivity contribution in [2.75, 3.05) is 6.54 Å². The molecule has 1 unspecified atom stereocenters. The number of rotatable bonds is 4. The number of benzene rings is 1. The fourth-order valence-electron chi connectivity index (χ4n) is 4.24. The molecular weight excluding hydrogens is 356 g/mol. The number of nitrogens with one attached hydrogen (secondary N) is 1. The summed E-state index contributed by atoms with van der Waals surface area (Å²) in [5.41, 5.74) is 4.03. The van der Waals surface area contributed by atoms with E-state index in [1.807, 2.05) is 24.4 Å². The monoisotopic (exact) mass is 382 g/mol. The van der Waals surface area contributed by atoms with Crippen molar-refractivity contribution >= 4 is 23.2 Å². The second-order valence-electron chi connectivity index (χ2n) is 7.60. The number of likely N-dealkylation sites (tertiary alicyclic amines) is 1. The van der Waals surface area contributed by atoms with Crippen molar-refractivity contribution in [1.29, 1.82) is 0 Å². The number of hydrogen-bond acceptors (Lipinski definition) is 3. The smallest absolute Gasteiger partial charge is 0.264 e. The summed E-state index contributed by atoms with van der Waals surface area (Å²) in [6.07, 6.45) is 6.43. The summed E-state index contributed by atoms with van der Waals surface area (Å²) in [5, 5.41) is 5.04. The zero-order valence-electron chi connectivity index (χ0n) is 15.7. The molecule has 1 aromatic heterocycles. The first kappa shape index (κ1) is 18.2. The quantitative estimate of drug-likeness (QED) is 0.865. The van der Waals surface area contributed by atoms with Gasteiger partial charge in [-0.1, -0.05) is 24.3 Å². The average Bonchev–Trinajstić information content (AvgIpc) is 3.39. The van der Waals surface area contributed by atoms with Crippen LogP contribution in [0.1, 0.15) is 65.0 Å². The second-order valence-corrected chi connectivity index (χ2v) is 8.55. The van der Waals surface area contributed by atoms with E-state index in [0.29, 0.717) is 11.4 Å². The lowest BCUT2D eigenvalue weighted by molar-refractivity contribution is -0.125. The van der Waals surface area contributed by atoms with Crippen LogP contribution in [0, 0.1) is 0 Å². The van der Waals surface area contributed by atoms with Crippen molar-refractivity contribution in [3.05, 3.63) is 57.3 Å². The zero-order chi connectivity index (χ0) is 18.8. The van der Waals surface area contributed by atoms with Crippen LogP contribution in [0.15, 0.2) is 35.7 Å². The van der Waals surface area contributed by atoms with Gasteiger partial charge >= 0.3 is 0 Å². The lowest BCUT2D eigenvalue weighted by Crippen LogP contribution is -2.46. The van der Waals surface area contributed by atoms with E-state index in [2.05, 4.69) is 23.5 Å². The molecule has 0 bridgehead atoms. The Kier molecular flexibility index (Phi) is 5.30. The molecule has 5 heteroatoms. The normalized spacial score (nSPS) is 20.2. The van der Waals surface area contributed by atoms with Crippen molar-refractivity contribution in [3.63, 3.8) is 0 Å². The number of carbonyl (C=O) groups excluding carboxylic acids is 2. The molecule has 1 saturated heterocycles. The van der Waals surface area contributed by atoms with E-state index in [0.717, 1.165) is 31.2 Å². The van der Waals surface area contributed by atoms with Crippen LogP contribution in [0.2, 0.25) is 0 Å². The van der Waals surface area contributed by atoms with Crippen molar-refractivity contribution in [2.24, 2.45) is 0 Å². The maximum Gasteiger partial charge on any atom is 0.264 e. The predicted octanol–water partition coefficient (Wildman–Crippen LogP) is 4.11. The average molecular weight is 383 g/mol. The molecule has 0 radical (unpaired) electrons. The minimum atomic E-state index is -0.361. The van der Waals surface area contributed by atoms with E-state index < -0.39 is 0 Å². The van der Waals surface area contributed by atoms with Crippen molar-refractivity contribution in [3.8, 4) is 0 Å². The van der Waals surface area contributed by atoms with Crippen LogP contribution in [-0.2, 0) is 17.6 Å². The summed E-state index contributed by atoms with van der Waals surface area (Å²) < 4.78 is 0. The summed E-state index contributed by atoms with van der Waals surface area (Å²) in [5.74, 6) is -0.0632. The Morgan fingerprint density at radius 1 is 1.15 bits per heavy atom. The Bertz CT molecular complexity index is 831. The molecule has 0 saturated carbocycles. The summed E-state index contributed by atoms with van der Waals surface area (Å²) >= 11 is 1.43. The van der Waals surface area contributed by atoms with Gasteiger partial charge in [0.1, 0.15) is 6.04 Å². The van der Waals surface area contributed by atoms with Crippen LogP contribution in [0.3, 0.4) is 0 Å². The highest BCUT2D eigenvalue weighted by Crippen LogP contribution is 2.26. The van der Waals surface area contributed by atoms with Crippen molar-refractivity contribution in [2.45, 2.75) is 57.5 Å². The molecule has 2 amide bonds. The number of thiophene rings is 1. The minimum absolute atomic E-state index is 0.0240. The van der Waals surface area contributed by atoms with Gasteiger partial charge in [0, 0.05) is 6.54 Å². The Balaban J connectivity index is 1.44. The maximum atomic E-state index is 12.9. The van der Waals surface area contributed by atoms with Gasteiger partial charge in [0.25, 0.3) is 5.91 Å². The number of amides is 2. The van der Waals surface area contributed by atoms with Crippen molar-refractivity contribution in [1.82, 2.24) is 10.2 Å². The van der Waals surface area contributed by atoms with Gasteiger partial charge in [-0.2, -0.15) is 0 Å². The van der Waals surface area contributed by atoms with Gasteiger partial charge in [0.05, 0.1) is 10.9 Å². The van der Waals surface area contributed by atoms with Gasteiger partial charge < -0.3 is 10.2 Å². The van der Waals surface area contributed by atoms with Crippen LogP contribution < -0.4 is 5.32 Å². The first-order valence-corrected chi connectivity index (χ1v) is 10.8. The summed E-state index contributed by atoms with van der Waals surface area (Å²) in [6, 6.07) is 9.90. The Hall–Kier alpha value is -2.14. The Labute approximate surface area is 164 Å². The number of carbonyl (C=O) groups is 2. The molecule has 1 N–H and O–H groups in total. The van der Waals surface area contributed by atoms with Crippen LogP contribution in [0.25, 0.3) is 0 Å². The molecular formula is C22H26N2O2S. The summed E-state index contributed by atoms with van der Waals surface area (Å²) in [6.45, 7) is 2.69. The van der Waals surface area contributed by atoms with Crippen LogP contribution in [0.5, 0.6) is 0 Å². The lowest BCUT2D eigenvalue weighted by atomic mass is 9.89. The van der Waals surface area contributed by atoms with Crippen LogP contribution >= 0.6 is 11.3 Å².